The molecule has 100 valence electrons. The minimum absolute atomic E-state index is 0.269. The first-order chi connectivity index (χ1) is 9.38. The molecule has 5 nitrogen and oxygen atoms in total. The number of nitrogens with zero attached hydrogens (tertiary/aromatic N) is 2. The SMILES string of the molecule is CCNC1c2ccccc2OCC1Sc1ncn[nH]1. The van der Waals surface area contributed by atoms with Crippen LogP contribution in [0.3, 0.4) is 0 Å². The van der Waals surface area contributed by atoms with Gasteiger partial charge in [0.15, 0.2) is 5.16 Å². The molecule has 0 spiro atoms. The molecule has 3 rings (SSSR count). The van der Waals surface area contributed by atoms with Crippen molar-refractivity contribution in [2.75, 3.05) is 13.2 Å². The molecule has 2 unspecified atom stereocenters. The molecule has 1 aromatic carbocycles. The molecule has 6 heteroatoms. The van der Waals surface area contributed by atoms with E-state index < -0.39 is 0 Å². The van der Waals surface area contributed by atoms with Crippen LogP contribution in [0.1, 0.15) is 18.5 Å². The lowest BCUT2D eigenvalue weighted by Gasteiger charge is -2.33. The maximum Gasteiger partial charge on any atom is 0.183 e. The number of hydrogen-bond donors (Lipinski definition) is 2. The summed E-state index contributed by atoms with van der Waals surface area (Å²) in [4.78, 5) is 4.17. The third-order valence-corrected chi connectivity index (χ3v) is 4.24. The van der Waals surface area contributed by atoms with Gasteiger partial charge in [0, 0.05) is 5.56 Å². The summed E-state index contributed by atoms with van der Waals surface area (Å²) >= 11 is 1.67. The Bertz CT molecular complexity index is 531. The average molecular weight is 276 g/mol. The van der Waals surface area contributed by atoms with Crippen LogP contribution in [0.2, 0.25) is 0 Å². The van der Waals surface area contributed by atoms with E-state index in [0.29, 0.717) is 6.61 Å². The van der Waals surface area contributed by atoms with Crippen LogP contribution in [0, 0.1) is 0 Å². The van der Waals surface area contributed by atoms with Gasteiger partial charge in [0.1, 0.15) is 18.7 Å². The van der Waals surface area contributed by atoms with E-state index in [4.69, 9.17) is 4.74 Å². The van der Waals surface area contributed by atoms with Gasteiger partial charge in [-0.05, 0) is 12.6 Å². The highest BCUT2D eigenvalue weighted by atomic mass is 32.2. The lowest BCUT2D eigenvalue weighted by atomic mass is 10.0. The molecule has 0 radical (unpaired) electrons. The molecule has 2 heterocycles. The maximum absolute atomic E-state index is 5.84. The highest BCUT2D eigenvalue weighted by molar-refractivity contribution is 7.99. The van der Waals surface area contributed by atoms with Crippen LogP contribution in [0.25, 0.3) is 0 Å². The third-order valence-electron chi connectivity index (χ3n) is 3.11. The summed E-state index contributed by atoms with van der Waals surface area (Å²) in [5.74, 6) is 0.975. The van der Waals surface area contributed by atoms with Crippen LogP contribution in [0.4, 0.5) is 0 Å². The normalized spacial score (nSPS) is 21.7. The van der Waals surface area contributed by atoms with Crippen molar-refractivity contribution >= 4 is 11.8 Å². The lowest BCUT2D eigenvalue weighted by Crippen LogP contribution is -2.37. The van der Waals surface area contributed by atoms with Crippen LogP contribution in [-0.2, 0) is 0 Å². The predicted molar refractivity (Wildman–Crippen MR) is 74.4 cm³/mol. The van der Waals surface area contributed by atoms with Gasteiger partial charge in [-0.1, -0.05) is 36.9 Å². The van der Waals surface area contributed by atoms with Gasteiger partial charge in [0.25, 0.3) is 0 Å². The maximum atomic E-state index is 5.84. The number of aromatic amines is 1. The summed E-state index contributed by atoms with van der Waals surface area (Å²) in [5.41, 5.74) is 1.22. The fraction of sp³-hybridized carbons (Fsp3) is 0.385. The number of ether oxygens (including phenoxy) is 1. The molecule has 0 amide bonds. The van der Waals surface area contributed by atoms with Gasteiger partial charge in [0.2, 0.25) is 0 Å². The van der Waals surface area contributed by atoms with Gasteiger partial charge < -0.3 is 10.1 Å². The molecule has 1 aliphatic rings. The molecule has 19 heavy (non-hydrogen) atoms. The Morgan fingerprint density at radius 1 is 1.47 bits per heavy atom. The van der Waals surface area contributed by atoms with Crippen molar-refractivity contribution in [2.24, 2.45) is 0 Å². The summed E-state index contributed by atoms with van der Waals surface area (Å²) in [6, 6.07) is 8.47. The number of nitrogens with one attached hydrogen (secondary N) is 2. The molecule has 0 fully saturated rings. The Morgan fingerprint density at radius 2 is 2.37 bits per heavy atom. The van der Waals surface area contributed by atoms with Crippen molar-refractivity contribution < 1.29 is 4.74 Å². The van der Waals surface area contributed by atoms with E-state index in [1.165, 1.54) is 11.9 Å². The van der Waals surface area contributed by atoms with Crippen molar-refractivity contribution in [3.63, 3.8) is 0 Å². The molecule has 1 aliphatic heterocycles. The first-order valence-corrected chi connectivity index (χ1v) is 7.23. The van der Waals surface area contributed by atoms with Crippen LogP contribution in [-0.4, -0.2) is 33.6 Å². The summed E-state index contributed by atoms with van der Waals surface area (Å²) in [5, 5.41) is 11.4. The topological polar surface area (TPSA) is 62.8 Å². The van der Waals surface area contributed by atoms with Gasteiger partial charge in [-0.25, -0.2) is 4.98 Å². The van der Waals surface area contributed by atoms with E-state index in [9.17, 15) is 0 Å². The minimum Gasteiger partial charge on any atom is -0.492 e. The smallest absolute Gasteiger partial charge is 0.183 e. The Balaban J connectivity index is 1.85. The van der Waals surface area contributed by atoms with Gasteiger partial charge in [-0.3, -0.25) is 5.10 Å². The zero-order valence-electron chi connectivity index (χ0n) is 10.7. The number of rotatable bonds is 4. The molecule has 0 aliphatic carbocycles. The molecule has 2 atom stereocenters. The number of benzene rings is 1. The Labute approximate surface area is 116 Å². The van der Waals surface area contributed by atoms with Crippen LogP contribution >= 0.6 is 11.8 Å². The molecular weight excluding hydrogens is 260 g/mol. The van der Waals surface area contributed by atoms with E-state index in [2.05, 4.69) is 33.5 Å². The quantitative estimate of drug-likeness (QED) is 0.894. The molecular formula is C13H16N4OS. The number of para-hydroxylation sites is 1. The van der Waals surface area contributed by atoms with Crippen LogP contribution in [0.5, 0.6) is 5.75 Å². The lowest BCUT2D eigenvalue weighted by molar-refractivity contribution is 0.261. The Hall–Kier alpha value is -1.53. The van der Waals surface area contributed by atoms with Gasteiger partial charge in [0.05, 0.1) is 11.3 Å². The van der Waals surface area contributed by atoms with Crippen molar-refractivity contribution in [1.29, 1.82) is 0 Å². The Kier molecular flexibility index (Phi) is 3.70. The first-order valence-electron chi connectivity index (χ1n) is 6.35. The fourth-order valence-corrected chi connectivity index (χ4v) is 3.31. The highest BCUT2D eigenvalue weighted by Crippen LogP contribution is 2.38. The van der Waals surface area contributed by atoms with Gasteiger partial charge >= 0.3 is 0 Å². The summed E-state index contributed by atoms with van der Waals surface area (Å²) in [6.07, 6.45) is 1.53. The number of H-pyrrole nitrogens is 1. The van der Waals surface area contributed by atoms with E-state index in [0.717, 1.165) is 17.5 Å². The van der Waals surface area contributed by atoms with Crippen LogP contribution < -0.4 is 10.1 Å². The van der Waals surface area contributed by atoms with Gasteiger partial charge in [-0.15, -0.1) is 0 Å². The first kappa shape index (κ1) is 12.5. The van der Waals surface area contributed by atoms with E-state index >= 15 is 0 Å². The summed E-state index contributed by atoms with van der Waals surface area (Å²) in [6.45, 7) is 3.71. The molecule has 2 aromatic rings. The summed E-state index contributed by atoms with van der Waals surface area (Å²) in [7, 11) is 0. The predicted octanol–water partition coefficient (Wildman–Crippen LogP) is 2.01. The van der Waals surface area contributed by atoms with Gasteiger partial charge in [-0.2, -0.15) is 5.10 Å². The standard InChI is InChI=1S/C13H16N4OS/c1-2-14-12-9-5-3-4-6-10(9)18-7-11(12)19-13-15-8-16-17-13/h3-6,8,11-12,14H,2,7H2,1H3,(H,15,16,17). The van der Waals surface area contributed by atoms with Crippen molar-refractivity contribution in [3.05, 3.63) is 36.2 Å². The van der Waals surface area contributed by atoms with Crippen molar-refractivity contribution in [3.8, 4) is 5.75 Å². The number of aromatic nitrogens is 3. The molecule has 2 N–H and O–H groups in total. The second kappa shape index (κ2) is 5.63. The number of fused-ring (bicyclic) bond motifs is 1. The van der Waals surface area contributed by atoms with E-state index in [-0.39, 0.29) is 11.3 Å². The summed E-state index contributed by atoms with van der Waals surface area (Å²) < 4.78 is 5.84. The molecule has 0 saturated heterocycles. The monoisotopic (exact) mass is 276 g/mol. The Morgan fingerprint density at radius 3 is 3.16 bits per heavy atom. The number of thioether (sulfide) groups is 1. The average Bonchev–Trinajstić information content (AvgIpc) is 2.94. The largest absolute Gasteiger partial charge is 0.492 e. The number of hydrogen-bond acceptors (Lipinski definition) is 5. The zero-order chi connectivity index (χ0) is 13.1. The second-order valence-corrected chi connectivity index (χ2v) is 5.56. The molecule has 0 bridgehead atoms. The second-order valence-electron chi connectivity index (χ2n) is 4.33. The van der Waals surface area contributed by atoms with Crippen molar-refractivity contribution in [1.82, 2.24) is 20.5 Å². The van der Waals surface area contributed by atoms with Crippen LogP contribution in [0.15, 0.2) is 35.7 Å². The minimum atomic E-state index is 0.269. The molecule has 1 aromatic heterocycles. The fourth-order valence-electron chi connectivity index (χ4n) is 2.30. The van der Waals surface area contributed by atoms with Crippen molar-refractivity contribution in [2.45, 2.75) is 23.4 Å². The van der Waals surface area contributed by atoms with E-state index in [1.807, 2.05) is 18.2 Å². The van der Waals surface area contributed by atoms with E-state index in [1.54, 1.807) is 11.8 Å². The molecule has 0 saturated carbocycles. The zero-order valence-corrected chi connectivity index (χ0v) is 11.5. The highest BCUT2D eigenvalue weighted by Gasteiger charge is 2.31. The third kappa shape index (κ3) is 2.59.